The Morgan fingerprint density at radius 2 is 2.40 bits per heavy atom. The van der Waals surface area contributed by atoms with E-state index in [1.54, 1.807) is 0 Å². The highest BCUT2D eigenvalue weighted by atomic mass is 15.1. The lowest BCUT2D eigenvalue weighted by Crippen LogP contribution is -2.31. The standard InChI is InChI=1S/C8H14N2/c1-4-6-10(5-2)8(3)7-9/h4,8H,1,5-6H2,2-3H3. The summed E-state index contributed by atoms with van der Waals surface area (Å²) in [5, 5.41) is 8.54. The second-order valence-corrected chi connectivity index (χ2v) is 2.18. The average molecular weight is 138 g/mol. The predicted molar refractivity (Wildman–Crippen MR) is 42.5 cm³/mol. The van der Waals surface area contributed by atoms with Crippen molar-refractivity contribution in [2.45, 2.75) is 19.9 Å². The van der Waals surface area contributed by atoms with Gasteiger partial charge in [-0.2, -0.15) is 5.26 Å². The van der Waals surface area contributed by atoms with Crippen molar-refractivity contribution in [2.75, 3.05) is 13.1 Å². The summed E-state index contributed by atoms with van der Waals surface area (Å²) < 4.78 is 0. The van der Waals surface area contributed by atoms with Crippen LogP contribution in [-0.4, -0.2) is 24.0 Å². The van der Waals surface area contributed by atoms with E-state index >= 15 is 0 Å². The van der Waals surface area contributed by atoms with E-state index in [0.717, 1.165) is 13.1 Å². The van der Waals surface area contributed by atoms with Crippen molar-refractivity contribution in [2.24, 2.45) is 0 Å². The summed E-state index contributed by atoms with van der Waals surface area (Å²) in [6.07, 6.45) is 1.82. The van der Waals surface area contributed by atoms with Crippen LogP contribution in [-0.2, 0) is 0 Å². The number of rotatable bonds is 4. The highest BCUT2D eigenvalue weighted by Crippen LogP contribution is 1.95. The smallest absolute Gasteiger partial charge is 0.0951 e. The van der Waals surface area contributed by atoms with E-state index in [0.29, 0.717) is 0 Å². The molecule has 0 bridgehead atoms. The monoisotopic (exact) mass is 138 g/mol. The van der Waals surface area contributed by atoms with Crippen LogP contribution in [0.2, 0.25) is 0 Å². The number of nitriles is 1. The van der Waals surface area contributed by atoms with Gasteiger partial charge in [-0.1, -0.05) is 13.0 Å². The normalized spacial score (nSPS) is 12.6. The molecule has 2 heteroatoms. The summed E-state index contributed by atoms with van der Waals surface area (Å²) in [6.45, 7) is 9.25. The van der Waals surface area contributed by atoms with Crippen LogP contribution >= 0.6 is 0 Å². The fourth-order valence-corrected chi connectivity index (χ4v) is 0.809. The molecule has 0 radical (unpaired) electrons. The van der Waals surface area contributed by atoms with Gasteiger partial charge in [-0.05, 0) is 13.5 Å². The molecule has 0 fully saturated rings. The Kier molecular flexibility index (Phi) is 4.61. The molecular weight excluding hydrogens is 124 g/mol. The fourth-order valence-electron chi connectivity index (χ4n) is 0.809. The average Bonchev–Trinajstić information content (AvgIpc) is 1.99. The molecular formula is C8H14N2. The predicted octanol–water partition coefficient (Wildman–Crippen LogP) is 1.41. The summed E-state index contributed by atoms with van der Waals surface area (Å²) in [5.41, 5.74) is 0. The van der Waals surface area contributed by atoms with Crippen LogP contribution < -0.4 is 0 Å². The van der Waals surface area contributed by atoms with Crippen molar-refractivity contribution in [3.63, 3.8) is 0 Å². The largest absolute Gasteiger partial charge is 0.285 e. The molecule has 0 aromatic carbocycles. The number of hydrogen-bond acceptors (Lipinski definition) is 2. The first-order valence-corrected chi connectivity index (χ1v) is 3.50. The van der Waals surface area contributed by atoms with Gasteiger partial charge in [-0.15, -0.1) is 6.58 Å². The third kappa shape index (κ3) is 2.65. The summed E-state index contributed by atoms with van der Waals surface area (Å²) in [4.78, 5) is 2.05. The van der Waals surface area contributed by atoms with Gasteiger partial charge >= 0.3 is 0 Å². The van der Waals surface area contributed by atoms with Crippen LogP contribution in [0.4, 0.5) is 0 Å². The van der Waals surface area contributed by atoms with Crippen molar-refractivity contribution in [3.8, 4) is 6.07 Å². The lowest BCUT2D eigenvalue weighted by molar-refractivity contribution is 0.287. The minimum atomic E-state index is 0.00278. The molecule has 0 aliphatic carbocycles. The molecule has 0 aromatic heterocycles. The van der Waals surface area contributed by atoms with Gasteiger partial charge in [0, 0.05) is 6.54 Å². The molecule has 0 aliphatic rings. The molecule has 0 heterocycles. The van der Waals surface area contributed by atoms with E-state index in [2.05, 4.69) is 12.6 Å². The molecule has 0 rings (SSSR count). The van der Waals surface area contributed by atoms with E-state index in [9.17, 15) is 0 Å². The van der Waals surface area contributed by atoms with Crippen LogP contribution in [0.1, 0.15) is 13.8 Å². The van der Waals surface area contributed by atoms with E-state index in [4.69, 9.17) is 5.26 Å². The van der Waals surface area contributed by atoms with E-state index in [-0.39, 0.29) is 6.04 Å². The van der Waals surface area contributed by atoms with Gasteiger partial charge in [0.2, 0.25) is 0 Å². The number of nitrogens with zero attached hydrogens (tertiary/aromatic N) is 2. The Labute approximate surface area is 62.8 Å². The van der Waals surface area contributed by atoms with Crippen LogP contribution in [0.15, 0.2) is 12.7 Å². The number of likely N-dealkylation sites (N-methyl/N-ethyl adjacent to an activating group) is 1. The van der Waals surface area contributed by atoms with Crippen LogP contribution in [0.3, 0.4) is 0 Å². The maximum atomic E-state index is 8.54. The van der Waals surface area contributed by atoms with Crippen LogP contribution in [0, 0.1) is 11.3 Å². The molecule has 0 N–H and O–H groups in total. The third-order valence-corrected chi connectivity index (χ3v) is 1.50. The van der Waals surface area contributed by atoms with Crippen molar-refractivity contribution in [1.29, 1.82) is 5.26 Å². The molecule has 56 valence electrons. The zero-order chi connectivity index (χ0) is 7.98. The molecule has 0 spiro atoms. The molecule has 1 atom stereocenters. The SMILES string of the molecule is C=CCN(CC)C(C)C#N. The first-order chi connectivity index (χ1) is 4.76. The van der Waals surface area contributed by atoms with Gasteiger partial charge < -0.3 is 0 Å². The van der Waals surface area contributed by atoms with E-state index in [1.165, 1.54) is 0 Å². The van der Waals surface area contributed by atoms with Crippen LogP contribution in [0.5, 0.6) is 0 Å². The van der Waals surface area contributed by atoms with Gasteiger partial charge in [0.1, 0.15) is 0 Å². The van der Waals surface area contributed by atoms with Gasteiger partial charge in [-0.3, -0.25) is 4.90 Å². The zero-order valence-electron chi connectivity index (χ0n) is 6.67. The Morgan fingerprint density at radius 3 is 2.70 bits per heavy atom. The Bertz CT molecular complexity index is 135. The first-order valence-electron chi connectivity index (χ1n) is 3.50. The summed E-state index contributed by atoms with van der Waals surface area (Å²) >= 11 is 0. The molecule has 10 heavy (non-hydrogen) atoms. The summed E-state index contributed by atoms with van der Waals surface area (Å²) in [7, 11) is 0. The first kappa shape index (κ1) is 9.19. The topological polar surface area (TPSA) is 27.0 Å². The maximum Gasteiger partial charge on any atom is 0.0951 e. The molecule has 0 saturated carbocycles. The minimum Gasteiger partial charge on any atom is -0.285 e. The Hall–Kier alpha value is -0.810. The lowest BCUT2D eigenvalue weighted by atomic mass is 10.3. The molecule has 0 saturated heterocycles. The summed E-state index contributed by atoms with van der Waals surface area (Å²) in [5.74, 6) is 0. The zero-order valence-corrected chi connectivity index (χ0v) is 6.67. The Morgan fingerprint density at radius 1 is 1.80 bits per heavy atom. The minimum absolute atomic E-state index is 0.00278. The van der Waals surface area contributed by atoms with Crippen molar-refractivity contribution in [3.05, 3.63) is 12.7 Å². The lowest BCUT2D eigenvalue weighted by Gasteiger charge is -2.20. The highest BCUT2D eigenvalue weighted by molar-refractivity contribution is 4.89. The molecule has 0 amide bonds. The van der Waals surface area contributed by atoms with E-state index < -0.39 is 0 Å². The fraction of sp³-hybridized carbons (Fsp3) is 0.625. The van der Waals surface area contributed by atoms with Gasteiger partial charge in [0.05, 0.1) is 12.1 Å². The van der Waals surface area contributed by atoms with Gasteiger partial charge in [0.15, 0.2) is 0 Å². The van der Waals surface area contributed by atoms with Crippen molar-refractivity contribution < 1.29 is 0 Å². The summed E-state index contributed by atoms with van der Waals surface area (Å²) in [6, 6.07) is 2.18. The van der Waals surface area contributed by atoms with E-state index in [1.807, 2.05) is 24.8 Å². The Balaban J connectivity index is 3.82. The van der Waals surface area contributed by atoms with Crippen molar-refractivity contribution in [1.82, 2.24) is 4.90 Å². The molecule has 2 nitrogen and oxygen atoms in total. The van der Waals surface area contributed by atoms with Gasteiger partial charge in [-0.25, -0.2) is 0 Å². The quantitative estimate of drug-likeness (QED) is 0.549. The highest BCUT2D eigenvalue weighted by Gasteiger charge is 2.07. The van der Waals surface area contributed by atoms with Gasteiger partial charge in [0.25, 0.3) is 0 Å². The second-order valence-electron chi connectivity index (χ2n) is 2.18. The van der Waals surface area contributed by atoms with Crippen LogP contribution in [0.25, 0.3) is 0 Å². The number of hydrogen-bond donors (Lipinski definition) is 0. The maximum absolute atomic E-state index is 8.54. The second kappa shape index (κ2) is 5.01. The molecule has 1 unspecified atom stereocenters. The van der Waals surface area contributed by atoms with Crippen molar-refractivity contribution >= 4 is 0 Å². The molecule has 0 aromatic rings. The third-order valence-electron chi connectivity index (χ3n) is 1.50. The molecule has 0 aliphatic heterocycles.